The van der Waals surface area contributed by atoms with Gasteiger partial charge in [0.25, 0.3) is 0 Å². The molecule has 0 aliphatic heterocycles. The molecule has 3 rings (SSSR count). The van der Waals surface area contributed by atoms with E-state index >= 15 is 0 Å². The van der Waals surface area contributed by atoms with Crippen molar-refractivity contribution in [3.63, 3.8) is 0 Å². The molecule has 0 spiro atoms. The third-order valence-electron chi connectivity index (χ3n) is 3.43. The molecule has 3 aromatic rings. The van der Waals surface area contributed by atoms with Gasteiger partial charge in [-0.25, -0.2) is 37.1 Å². The highest BCUT2D eigenvalue weighted by atomic mass is 32.2. The van der Waals surface area contributed by atoms with Crippen LogP contribution in [0, 0.1) is 11.6 Å². The topological polar surface area (TPSA) is 155 Å². The highest BCUT2D eigenvalue weighted by Crippen LogP contribution is 2.27. The average molecular weight is 412 g/mol. The molecule has 28 heavy (non-hydrogen) atoms. The molecule has 0 saturated carbocycles. The van der Waals surface area contributed by atoms with Gasteiger partial charge in [0, 0.05) is 0 Å². The van der Waals surface area contributed by atoms with Gasteiger partial charge in [-0.1, -0.05) is 12.1 Å². The molecular weight excluding hydrogens is 398 g/mol. The molecule has 0 unspecified atom stereocenters. The minimum atomic E-state index is -3.81. The zero-order chi connectivity index (χ0) is 20.3. The predicted octanol–water partition coefficient (Wildman–Crippen LogP) is 1.82. The van der Waals surface area contributed by atoms with Gasteiger partial charge in [-0.3, -0.25) is 10.0 Å². The van der Waals surface area contributed by atoms with E-state index in [1.54, 1.807) is 6.92 Å². The first-order valence-corrected chi connectivity index (χ1v) is 9.54. The van der Waals surface area contributed by atoms with Crippen molar-refractivity contribution in [3.8, 4) is 0 Å². The monoisotopic (exact) mass is 412 g/mol. The lowest BCUT2D eigenvalue weighted by Gasteiger charge is -2.13. The number of anilines is 3. The number of rotatable bonds is 6. The molecule has 2 amide bonds. The maximum absolute atomic E-state index is 14.5. The fraction of sp³-hybridized carbons (Fsp3) is 0.214. The van der Waals surface area contributed by atoms with E-state index in [1.165, 1.54) is 0 Å². The Morgan fingerprint density at radius 2 is 2.00 bits per heavy atom. The Hall–Kier alpha value is -3.42. The van der Waals surface area contributed by atoms with Crippen molar-refractivity contribution < 1.29 is 22.0 Å². The Morgan fingerprint density at radius 3 is 2.75 bits per heavy atom. The molecule has 0 saturated heterocycles. The summed E-state index contributed by atoms with van der Waals surface area (Å²) in [5.41, 5.74) is -0.944. The quantitative estimate of drug-likeness (QED) is 0.481. The first-order chi connectivity index (χ1) is 13.3. The van der Waals surface area contributed by atoms with Crippen molar-refractivity contribution in [2.45, 2.75) is 13.3 Å². The van der Waals surface area contributed by atoms with Crippen LogP contribution < -0.4 is 15.4 Å². The van der Waals surface area contributed by atoms with Gasteiger partial charge in [-0.15, -0.1) is 5.10 Å². The van der Waals surface area contributed by atoms with Gasteiger partial charge in [0.2, 0.25) is 10.0 Å². The van der Waals surface area contributed by atoms with E-state index < -0.39 is 39.1 Å². The van der Waals surface area contributed by atoms with Crippen molar-refractivity contribution in [2.24, 2.45) is 0 Å². The number of nitrogens with zero attached hydrogens (tertiary/aromatic N) is 4. The van der Waals surface area contributed by atoms with Crippen LogP contribution in [0.25, 0.3) is 11.2 Å². The van der Waals surface area contributed by atoms with Crippen LogP contribution in [-0.4, -0.2) is 45.6 Å². The van der Waals surface area contributed by atoms with E-state index in [4.69, 9.17) is 0 Å². The van der Waals surface area contributed by atoms with Gasteiger partial charge in [-0.2, -0.15) is 0 Å². The van der Waals surface area contributed by atoms with Crippen LogP contribution in [0.3, 0.4) is 0 Å². The zero-order valence-corrected chi connectivity index (χ0v) is 15.1. The highest BCUT2D eigenvalue weighted by molar-refractivity contribution is 7.92. The lowest BCUT2D eigenvalue weighted by Crippen LogP contribution is -2.23. The molecule has 0 aliphatic rings. The number of carbonyl (C=O) groups excluding carboxylic acids is 1. The molecule has 14 heteroatoms. The number of amides is 2. The summed E-state index contributed by atoms with van der Waals surface area (Å²) in [6.45, 7) is 1.64. The van der Waals surface area contributed by atoms with E-state index in [1.807, 2.05) is 10.0 Å². The fourth-order valence-corrected chi connectivity index (χ4v) is 3.39. The standard InChI is InChI=1S/C14H14F2N8O3S/c1-2-5-28(26,27)23-8-4-3-7(15)10(9(8)16)19-14(25)20-12-11-13(18-6-17-12)22-24-21-11/h3-4,6,23H,2,5H2,1H3,(H3,17,18,19,20,21,22,24,25). The minimum Gasteiger partial charge on any atom is -0.302 e. The number of halogens is 2. The molecular formula is C14H14F2N8O3S. The van der Waals surface area contributed by atoms with Crippen LogP contribution in [-0.2, 0) is 10.0 Å². The van der Waals surface area contributed by atoms with Crippen LogP contribution in [0.2, 0.25) is 0 Å². The largest absolute Gasteiger partial charge is 0.325 e. The van der Waals surface area contributed by atoms with Crippen LogP contribution in [0.15, 0.2) is 18.5 Å². The Morgan fingerprint density at radius 1 is 1.21 bits per heavy atom. The van der Waals surface area contributed by atoms with Gasteiger partial charge < -0.3 is 5.32 Å². The highest BCUT2D eigenvalue weighted by Gasteiger charge is 2.20. The zero-order valence-electron chi connectivity index (χ0n) is 14.3. The molecule has 4 N–H and O–H groups in total. The molecule has 0 radical (unpaired) electrons. The number of fused-ring (bicyclic) bond motifs is 1. The minimum absolute atomic E-state index is 0.0446. The summed E-state index contributed by atoms with van der Waals surface area (Å²) in [6.07, 6.45) is 1.43. The summed E-state index contributed by atoms with van der Waals surface area (Å²) >= 11 is 0. The number of benzene rings is 1. The number of hydrogen-bond acceptors (Lipinski definition) is 7. The van der Waals surface area contributed by atoms with Crippen molar-refractivity contribution in [1.82, 2.24) is 25.4 Å². The van der Waals surface area contributed by atoms with Crippen molar-refractivity contribution in [1.29, 1.82) is 0 Å². The number of sulfonamides is 1. The summed E-state index contributed by atoms with van der Waals surface area (Å²) in [5, 5.41) is 13.9. The summed E-state index contributed by atoms with van der Waals surface area (Å²) in [6, 6.07) is 0.710. The fourth-order valence-electron chi connectivity index (χ4n) is 2.25. The van der Waals surface area contributed by atoms with E-state index in [9.17, 15) is 22.0 Å². The molecule has 2 aromatic heterocycles. The number of aromatic nitrogens is 5. The summed E-state index contributed by atoms with van der Waals surface area (Å²) in [4.78, 5) is 19.8. The van der Waals surface area contributed by atoms with Gasteiger partial charge >= 0.3 is 6.03 Å². The maximum atomic E-state index is 14.5. The van der Waals surface area contributed by atoms with E-state index in [-0.39, 0.29) is 22.7 Å². The van der Waals surface area contributed by atoms with Crippen LogP contribution >= 0.6 is 0 Å². The number of nitrogens with one attached hydrogen (secondary N) is 4. The first kappa shape index (κ1) is 19.3. The average Bonchev–Trinajstić information content (AvgIpc) is 3.11. The Kier molecular flexibility index (Phi) is 5.30. The second-order valence-corrected chi connectivity index (χ2v) is 7.36. The maximum Gasteiger partial charge on any atom is 0.325 e. The van der Waals surface area contributed by atoms with E-state index in [0.29, 0.717) is 6.42 Å². The van der Waals surface area contributed by atoms with Crippen LogP contribution in [0.1, 0.15) is 13.3 Å². The third kappa shape index (κ3) is 4.11. The molecule has 0 aliphatic carbocycles. The van der Waals surface area contributed by atoms with E-state index in [2.05, 4.69) is 30.7 Å². The Balaban J connectivity index is 1.82. The number of hydrogen-bond donors (Lipinski definition) is 4. The number of urea groups is 1. The lowest BCUT2D eigenvalue weighted by atomic mass is 10.2. The number of aromatic amines is 1. The normalized spacial score (nSPS) is 11.4. The van der Waals surface area contributed by atoms with Crippen LogP contribution in [0.5, 0.6) is 0 Å². The predicted molar refractivity (Wildman–Crippen MR) is 96.2 cm³/mol. The van der Waals surface area contributed by atoms with Crippen molar-refractivity contribution in [2.75, 3.05) is 21.1 Å². The molecule has 0 bridgehead atoms. The van der Waals surface area contributed by atoms with Crippen LogP contribution in [0.4, 0.5) is 30.8 Å². The third-order valence-corrected chi connectivity index (χ3v) is 4.90. The van der Waals surface area contributed by atoms with E-state index in [0.717, 1.165) is 18.5 Å². The molecule has 1 aromatic carbocycles. The van der Waals surface area contributed by atoms with Gasteiger partial charge in [-0.05, 0) is 18.6 Å². The number of carbonyl (C=O) groups is 1. The van der Waals surface area contributed by atoms with Crippen molar-refractivity contribution in [3.05, 3.63) is 30.1 Å². The van der Waals surface area contributed by atoms with Gasteiger partial charge in [0.1, 0.15) is 17.8 Å². The molecule has 0 atom stereocenters. The molecule has 148 valence electrons. The smallest absolute Gasteiger partial charge is 0.302 e. The van der Waals surface area contributed by atoms with Gasteiger partial charge in [0.15, 0.2) is 22.8 Å². The lowest BCUT2D eigenvalue weighted by molar-refractivity contribution is 0.262. The molecule has 2 heterocycles. The summed E-state index contributed by atoms with van der Waals surface area (Å²) in [5.74, 6) is -2.66. The SMILES string of the molecule is CCCS(=O)(=O)Nc1ccc(F)c(NC(=O)Nc2ncnc3[nH]nnc23)c1F. The van der Waals surface area contributed by atoms with Gasteiger partial charge in [0.05, 0.1) is 11.4 Å². The van der Waals surface area contributed by atoms with Crippen molar-refractivity contribution >= 4 is 44.4 Å². The second kappa shape index (κ2) is 7.67. The Bertz CT molecular complexity index is 1130. The summed E-state index contributed by atoms with van der Waals surface area (Å²) < 4.78 is 54.2. The first-order valence-electron chi connectivity index (χ1n) is 7.89. The second-order valence-electron chi connectivity index (χ2n) is 5.52. The number of H-pyrrole nitrogens is 1. The summed E-state index contributed by atoms with van der Waals surface area (Å²) in [7, 11) is -3.81. The Labute approximate surface area is 157 Å². The molecule has 0 fully saturated rings. The molecule has 11 nitrogen and oxygen atoms in total.